The molecule has 0 aliphatic carbocycles. The summed E-state index contributed by atoms with van der Waals surface area (Å²) in [5.41, 5.74) is 6.34. The number of aryl methyl sites for hydroxylation is 2. The molecule has 1 aliphatic heterocycles. The van der Waals surface area contributed by atoms with E-state index in [4.69, 9.17) is 0 Å². The van der Waals surface area contributed by atoms with Gasteiger partial charge in [0.05, 0.1) is 11.1 Å². The van der Waals surface area contributed by atoms with E-state index < -0.39 is 0 Å². The van der Waals surface area contributed by atoms with Crippen molar-refractivity contribution in [2.24, 2.45) is 0 Å². The molecular weight excluding hydrogens is 362 g/mol. The number of hydrogen-bond acceptors (Lipinski definition) is 2. The van der Waals surface area contributed by atoms with Crippen LogP contribution in [0.3, 0.4) is 0 Å². The minimum Gasteiger partial charge on any atom is -0.358 e. The smallest absolute Gasteiger partial charge is 0.259 e. The lowest BCUT2D eigenvalue weighted by Crippen LogP contribution is -2.23. The first-order chi connectivity index (χ1) is 14.1. The maximum absolute atomic E-state index is 13.0. The first-order valence-electron chi connectivity index (χ1n) is 9.87. The lowest BCUT2D eigenvalue weighted by molar-refractivity contribution is -0.122. The van der Waals surface area contributed by atoms with E-state index in [1.807, 2.05) is 55.5 Å². The lowest BCUT2D eigenvalue weighted by Gasteiger charge is -2.07. The van der Waals surface area contributed by atoms with Crippen molar-refractivity contribution >= 4 is 44.8 Å². The molecule has 0 fully saturated rings. The summed E-state index contributed by atoms with van der Waals surface area (Å²) in [7, 11) is 0. The summed E-state index contributed by atoms with van der Waals surface area (Å²) in [5, 5.41) is 4.45. The molecule has 4 aromatic rings. The standard InChI is InChI=1S/C24H21N3O2/c1-3-8-18-20(15-10-5-7-12-17(15)26-18)22-21(23(28)27-24(22)29)19-13(2)25-16-11-6-4-9-14(16)19/h4-7,9-12,25-26H,3,8H2,1-2H3,(H,27,28,29). The largest absolute Gasteiger partial charge is 0.358 e. The van der Waals surface area contributed by atoms with Crippen molar-refractivity contribution < 1.29 is 9.59 Å². The number of amides is 2. The summed E-state index contributed by atoms with van der Waals surface area (Å²) in [4.78, 5) is 32.8. The molecule has 0 unspecified atom stereocenters. The number of imide groups is 1. The Labute approximate surface area is 167 Å². The number of H-pyrrole nitrogens is 2. The van der Waals surface area contributed by atoms with Gasteiger partial charge >= 0.3 is 0 Å². The summed E-state index contributed by atoms with van der Waals surface area (Å²) in [5.74, 6) is -0.678. The molecule has 5 heteroatoms. The van der Waals surface area contributed by atoms with Gasteiger partial charge in [-0.2, -0.15) is 0 Å². The number of rotatable bonds is 4. The van der Waals surface area contributed by atoms with Crippen molar-refractivity contribution in [3.63, 3.8) is 0 Å². The maximum Gasteiger partial charge on any atom is 0.259 e. The third kappa shape index (κ3) is 2.54. The predicted molar refractivity (Wildman–Crippen MR) is 115 cm³/mol. The van der Waals surface area contributed by atoms with Crippen LogP contribution in [0.4, 0.5) is 0 Å². The Kier molecular flexibility index (Phi) is 3.91. The van der Waals surface area contributed by atoms with Crippen LogP contribution in [0.25, 0.3) is 33.0 Å². The Morgan fingerprint density at radius 2 is 1.31 bits per heavy atom. The third-order valence-corrected chi connectivity index (χ3v) is 5.61. The van der Waals surface area contributed by atoms with Gasteiger partial charge in [0.2, 0.25) is 0 Å². The fraction of sp³-hybridized carbons (Fsp3) is 0.167. The molecule has 3 N–H and O–H groups in total. The highest BCUT2D eigenvalue weighted by molar-refractivity contribution is 6.51. The molecule has 2 aromatic heterocycles. The van der Waals surface area contributed by atoms with Crippen LogP contribution in [0.2, 0.25) is 0 Å². The second kappa shape index (κ2) is 6.48. The fourth-order valence-corrected chi connectivity index (χ4v) is 4.45. The van der Waals surface area contributed by atoms with Gasteiger partial charge in [0.1, 0.15) is 0 Å². The van der Waals surface area contributed by atoms with Gasteiger partial charge in [-0.15, -0.1) is 0 Å². The topological polar surface area (TPSA) is 77.8 Å². The maximum atomic E-state index is 13.0. The van der Waals surface area contributed by atoms with E-state index in [1.165, 1.54) is 0 Å². The number of aromatic amines is 2. The van der Waals surface area contributed by atoms with Crippen LogP contribution in [0, 0.1) is 6.92 Å². The number of carbonyl (C=O) groups is 2. The highest BCUT2D eigenvalue weighted by Gasteiger charge is 2.36. The number of aromatic nitrogens is 2. The Morgan fingerprint density at radius 3 is 1.97 bits per heavy atom. The fourth-order valence-electron chi connectivity index (χ4n) is 4.45. The van der Waals surface area contributed by atoms with E-state index in [9.17, 15) is 9.59 Å². The van der Waals surface area contributed by atoms with Crippen molar-refractivity contribution in [3.05, 3.63) is 71.0 Å². The highest BCUT2D eigenvalue weighted by atomic mass is 16.2. The van der Waals surface area contributed by atoms with E-state index >= 15 is 0 Å². The molecule has 5 rings (SSSR count). The van der Waals surface area contributed by atoms with Gasteiger partial charge in [-0.05, 0) is 25.5 Å². The van der Waals surface area contributed by atoms with Crippen molar-refractivity contribution in [2.75, 3.05) is 0 Å². The van der Waals surface area contributed by atoms with E-state index in [2.05, 4.69) is 22.2 Å². The molecule has 0 saturated heterocycles. The van der Waals surface area contributed by atoms with Crippen LogP contribution in [0.5, 0.6) is 0 Å². The van der Waals surface area contributed by atoms with E-state index in [-0.39, 0.29) is 11.8 Å². The molecule has 1 aliphatic rings. The molecule has 2 amide bonds. The molecule has 3 heterocycles. The lowest BCUT2D eigenvalue weighted by atomic mass is 9.92. The van der Waals surface area contributed by atoms with E-state index in [1.54, 1.807) is 0 Å². The van der Waals surface area contributed by atoms with Crippen molar-refractivity contribution in [3.8, 4) is 0 Å². The summed E-state index contributed by atoms with van der Waals surface area (Å²) in [6.45, 7) is 4.05. The first-order valence-corrected chi connectivity index (χ1v) is 9.87. The van der Waals surface area contributed by atoms with Crippen LogP contribution < -0.4 is 5.32 Å². The zero-order valence-electron chi connectivity index (χ0n) is 16.3. The van der Waals surface area contributed by atoms with Gasteiger partial charge in [0, 0.05) is 44.3 Å². The van der Waals surface area contributed by atoms with E-state index in [0.717, 1.165) is 57.2 Å². The first kappa shape index (κ1) is 17.5. The molecule has 2 aromatic carbocycles. The molecule has 5 nitrogen and oxygen atoms in total. The van der Waals surface area contributed by atoms with Crippen LogP contribution in [0.15, 0.2) is 48.5 Å². The van der Waals surface area contributed by atoms with Gasteiger partial charge in [0.25, 0.3) is 11.8 Å². The normalized spacial score (nSPS) is 14.4. The average Bonchev–Trinajstić information content (AvgIpc) is 3.31. The Morgan fingerprint density at radius 1 is 0.759 bits per heavy atom. The molecule has 0 atom stereocenters. The molecular formula is C24H21N3O2. The number of benzene rings is 2. The molecule has 0 radical (unpaired) electrons. The van der Waals surface area contributed by atoms with Gasteiger partial charge in [-0.1, -0.05) is 49.7 Å². The second-order valence-electron chi connectivity index (χ2n) is 7.48. The highest BCUT2D eigenvalue weighted by Crippen LogP contribution is 2.40. The Hall–Kier alpha value is -3.60. The predicted octanol–water partition coefficient (Wildman–Crippen LogP) is 4.48. The summed E-state index contributed by atoms with van der Waals surface area (Å²) < 4.78 is 0. The van der Waals surface area contributed by atoms with Crippen LogP contribution in [-0.2, 0) is 16.0 Å². The minimum atomic E-state index is -0.342. The third-order valence-electron chi connectivity index (χ3n) is 5.61. The van der Waals surface area contributed by atoms with Crippen molar-refractivity contribution in [1.29, 1.82) is 0 Å². The number of fused-ring (bicyclic) bond motifs is 2. The summed E-state index contributed by atoms with van der Waals surface area (Å²) in [6, 6.07) is 15.8. The Balaban J connectivity index is 1.89. The molecule has 144 valence electrons. The molecule has 29 heavy (non-hydrogen) atoms. The van der Waals surface area contributed by atoms with Crippen LogP contribution in [-0.4, -0.2) is 21.8 Å². The van der Waals surface area contributed by atoms with Crippen molar-refractivity contribution in [2.45, 2.75) is 26.7 Å². The number of nitrogens with one attached hydrogen (secondary N) is 3. The molecule has 0 bridgehead atoms. The average molecular weight is 383 g/mol. The zero-order valence-corrected chi connectivity index (χ0v) is 16.3. The minimum absolute atomic E-state index is 0.336. The molecule has 0 saturated carbocycles. The number of hydrogen-bond donors (Lipinski definition) is 3. The quantitative estimate of drug-likeness (QED) is 0.455. The van der Waals surface area contributed by atoms with Gasteiger partial charge in [-0.25, -0.2) is 0 Å². The van der Waals surface area contributed by atoms with Crippen LogP contribution >= 0.6 is 0 Å². The number of para-hydroxylation sites is 2. The summed E-state index contributed by atoms with van der Waals surface area (Å²) in [6.07, 6.45) is 1.74. The van der Waals surface area contributed by atoms with E-state index in [0.29, 0.717) is 11.1 Å². The van der Waals surface area contributed by atoms with Crippen LogP contribution in [0.1, 0.15) is 35.9 Å². The van der Waals surface area contributed by atoms with Gasteiger partial charge in [0.15, 0.2) is 0 Å². The van der Waals surface area contributed by atoms with Gasteiger partial charge < -0.3 is 9.97 Å². The zero-order chi connectivity index (χ0) is 20.1. The second-order valence-corrected chi connectivity index (χ2v) is 7.48. The van der Waals surface area contributed by atoms with Crippen molar-refractivity contribution in [1.82, 2.24) is 15.3 Å². The SMILES string of the molecule is CCCc1[nH]c2ccccc2c1C1=C(c2c(C)[nH]c3ccccc23)C(=O)NC1=O. The Bertz CT molecular complexity index is 1340. The monoisotopic (exact) mass is 383 g/mol. The number of carbonyl (C=O) groups excluding carboxylic acids is 2. The summed E-state index contributed by atoms with van der Waals surface area (Å²) >= 11 is 0. The van der Waals surface area contributed by atoms with Gasteiger partial charge in [-0.3, -0.25) is 14.9 Å². The molecule has 0 spiro atoms.